The Hall–Kier alpha value is -2.03. The summed E-state index contributed by atoms with van der Waals surface area (Å²) in [4.78, 5) is 14.2. The lowest BCUT2D eigenvalue weighted by atomic mass is 9.98. The molecule has 3 nitrogen and oxygen atoms in total. The molecule has 0 saturated heterocycles. The largest absolute Gasteiger partial charge is 0.455 e. The van der Waals surface area contributed by atoms with Gasteiger partial charge in [-0.1, -0.05) is 25.1 Å². The van der Waals surface area contributed by atoms with Crippen molar-refractivity contribution in [2.45, 2.75) is 19.3 Å². The number of pyridine rings is 1. The van der Waals surface area contributed by atoms with Gasteiger partial charge in [0, 0.05) is 12.0 Å². The van der Waals surface area contributed by atoms with E-state index < -0.39 is 0 Å². The second kappa shape index (κ2) is 3.77. The summed E-state index contributed by atoms with van der Waals surface area (Å²) in [6.45, 7) is 2.10. The van der Waals surface area contributed by atoms with Gasteiger partial charge >= 0.3 is 0 Å². The van der Waals surface area contributed by atoms with Crippen molar-refractivity contribution in [3.8, 4) is 11.5 Å². The minimum Gasteiger partial charge on any atom is -0.455 e. The quantitative estimate of drug-likeness (QED) is 0.752. The molecule has 3 heteroatoms. The van der Waals surface area contributed by atoms with Crippen molar-refractivity contribution in [3.63, 3.8) is 0 Å². The molecule has 1 aromatic carbocycles. The molecule has 1 aromatic heterocycles. The maximum atomic E-state index is 11.4. The minimum atomic E-state index is -0.0786. The summed E-state index contributed by atoms with van der Waals surface area (Å²) in [5.41, 5.74) is 1.98. The molecule has 0 spiro atoms. The van der Waals surface area contributed by atoms with Crippen LogP contribution in [-0.2, 0) is 6.42 Å². The average Bonchev–Trinajstić information content (AvgIpc) is 2.46. The first-order valence-corrected chi connectivity index (χ1v) is 5.73. The predicted octanol–water partition coefficient (Wildman–Crippen LogP) is 2.83. The van der Waals surface area contributed by atoms with Crippen LogP contribution < -0.4 is 10.3 Å². The van der Waals surface area contributed by atoms with Crippen LogP contribution in [-0.4, -0.2) is 4.98 Å². The first-order chi connectivity index (χ1) is 8.24. The molecule has 3 rings (SSSR count). The highest BCUT2D eigenvalue weighted by atomic mass is 16.5. The highest BCUT2D eigenvalue weighted by molar-refractivity contribution is 5.44. The van der Waals surface area contributed by atoms with E-state index in [2.05, 4.69) is 18.0 Å². The van der Waals surface area contributed by atoms with E-state index in [-0.39, 0.29) is 11.5 Å². The number of H-pyrrole nitrogens is 1. The van der Waals surface area contributed by atoms with Gasteiger partial charge in [-0.2, -0.15) is 0 Å². The summed E-state index contributed by atoms with van der Waals surface area (Å²) in [6, 6.07) is 11.2. The van der Waals surface area contributed by atoms with Crippen molar-refractivity contribution in [1.29, 1.82) is 0 Å². The Morgan fingerprint density at radius 1 is 1.18 bits per heavy atom. The van der Waals surface area contributed by atoms with Crippen LogP contribution in [0.3, 0.4) is 0 Å². The molecule has 0 amide bonds. The highest BCUT2D eigenvalue weighted by Gasteiger charge is 2.20. The molecule has 0 fully saturated rings. The molecule has 1 atom stereocenters. The maximum absolute atomic E-state index is 11.4. The Kier molecular flexibility index (Phi) is 2.25. The summed E-state index contributed by atoms with van der Waals surface area (Å²) < 4.78 is 5.86. The Labute approximate surface area is 99.1 Å². The molecule has 17 heavy (non-hydrogen) atoms. The fourth-order valence-corrected chi connectivity index (χ4v) is 2.25. The molecule has 0 radical (unpaired) electrons. The van der Waals surface area contributed by atoms with E-state index in [0.717, 1.165) is 23.6 Å². The van der Waals surface area contributed by atoms with E-state index in [1.54, 1.807) is 6.07 Å². The first kappa shape index (κ1) is 10.1. The Balaban J connectivity index is 2.17. The number of aromatic nitrogens is 1. The van der Waals surface area contributed by atoms with Gasteiger partial charge in [0.05, 0.1) is 5.69 Å². The van der Waals surface area contributed by atoms with E-state index >= 15 is 0 Å². The first-order valence-electron chi connectivity index (χ1n) is 5.73. The predicted molar refractivity (Wildman–Crippen MR) is 65.7 cm³/mol. The SMILES string of the molecule is CC1Cc2ccccc2Oc2ccc(=O)[nH]c21. The number of rotatable bonds is 0. The molecular weight excluding hydrogens is 214 g/mol. The number of hydrogen-bond donors (Lipinski definition) is 1. The summed E-state index contributed by atoms with van der Waals surface area (Å²) in [7, 11) is 0. The third kappa shape index (κ3) is 1.73. The van der Waals surface area contributed by atoms with Crippen LogP contribution in [0.1, 0.15) is 24.1 Å². The molecule has 0 bridgehead atoms. The third-order valence-corrected chi connectivity index (χ3v) is 3.12. The molecule has 0 aliphatic carbocycles. The van der Waals surface area contributed by atoms with Crippen molar-refractivity contribution >= 4 is 0 Å². The number of aromatic amines is 1. The van der Waals surface area contributed by atoms with Crippen molar-refractivity contribution in [2.75, 3.05) is 0 Å². The molecule has 0 saturated carbocycles. The molecule has 2 aromatic rings. The van der Waals surface area contributed by atoms with Crippen molar-refractivity contribution in [2.24, 2.45) is 0 Å². The van der Waals surface area contributed by atoms with Gasteiger partial charge in [-0.3, -0.25) is 4.79 Å². The second-order valence-corrected chi connectivity index (χ2v) is 4.42. The molecular formula is C14H13NO2. The standard InChI is InChI=1S/C14H13NO2/c1-9-8-10-4-2-3-5-11(10)17-12-6-7-13(16)15-14(9)12/h2-7,9H,8H2,1H3,(H,15,16). The van der Waals surface area contributed by atoms with Crippen LogP contribution >= 0.6 is 0 Å². The van der Waals surface area contributed by atoms with Crippen LogP contribution in [0.2, 0.25) is 0 Å². The number of para-hydroxylation sites is 1. The third-order valence-electron chi connectivity index (χ3n) is 3.12. The van der Waals surface area contributed by atoms with Crippen LogP contribution in [0, 0.1) is 0 Å². The van der Waals surface area contributed by atoms with Crippen molar-refractivity contribution in [3.05, 3.63) is 58.0 Å². The normalized spacial score (nSPS) is 17.6. The van der Waals surface area contributed by atoms with Gasteiger partial charge in [-0.05, 0) is 24.1 Å². The topological polar surface area (TPSA) is 42.1 Å². The summed E-state index contributed by atoms with van der Waals surface area (Å²) in [5, 5.41) is 0. The minimum absolute atomic E-state index is 0.0786. The zero-order valence-electron chi connectivity index (χ0n) is 9.57. The number of nitrogens with one attached hydrogen (secondary N) is 1. The molecule has 1 unspecified atom stereocenters. The molecule has 2 heterocycles. The number of fused-ring (bicyclic) bond motifs is 2. The Morgan fingerprint density at radius 2 is 2.00 bits per heavy atom. The van der Waals surface area contributed by atoms with E-state index in [0.29, 0.717) is 0 Å². The monoisotopic (exact) mass is 227 g/mol. The van der Waals surface area contributed by atoms with E-state index in [9.17, 15) is 4.79 Å². The average molecular weight is 227 g/mol. The summed E-state index contributed by atoms with van der Waals surface area (Å²) in [6.07, 6.45) is 0.878. The van der Waals surface area contributed by atoms with Gasteiger partial charge in [-0.15, -0.1) is 0 Å². The van der Waals surface area contributed by atoms with Gasteiger partial charge in [0.2, 0.25) is 5.56 Å². The van der Waals surface area contributed by atoms with Gasteiger partial charge in [-0.25, -0.2) is 0 Å². The Bertz CT molecular complexity index is 616. The van der Waals surface area contributed by atoms with E-state index in [1.807, 2.05) is 18.2 Å². The number of benzene rings is 1. The van der Waals surface area contributed by atoms with Gasteiger partial charge in [0.1, 0.15) is 11.5 Å². The fraction of sp³-hybridized carbons (Fsp3) is 0.214. The van der Waals surface area contributed by atoms with Crippen LogP contribution in [0.25, 0.3) is 0 Å². The molecule has 86 valence electrons. The van der Waals surface area contributed by atoms with E-state index in [1.165, 1.54) is 11.6 Å². The highest BCUT2D eigenvalue weighted by Crippen LogP contribution is 2.36. The maximum Gasteiger partial charge on any atom is 0.248 e. The zero-order chi connectivity index (χ0) is 11.8. The number of ether oxygens (including phenoxy) is 1. The fourth-order valence-electron chi connectivity index (χ4n) is 2.25. The van der Waals surface area contributed by atoms with Crippen LogP contribution in [0.5, 0.6) is 11.5 Å². The van der Waals surface area contributed by atoms with Gasteiger partial charge < -0.3 is 9.72 Å². The Morgan fingerprint density at radius 3 is 2.88 bits per heavy atom. The smallest absolute Gasteiger partial charge is 0.248 e. The second-order valence-electron chi connectivity index (χ2n) is 4.42. The van der Waals surface area contributed by atoms with Gasteiger partial charge in [0.15, 0.2) is 0 Å². The van der Waals surface area contributed by atoms with Crippen molar-refractivity contribution < 1.29 is 4.74 Å². The van der Waals surface area contributed by atoms with Crippen LogP contribution in [0.4, 0.5) is 0 Å². The van der Waals surface area contributed by atoms with E-state index in [4.69, 9.17) is 4.74 Å². The zero-order valence-corrected chi connectivity index (χ0v) is 9.57. The molecule has 1 aliphatic heterocycles. The number of hydrogen-bond acceptors (Lipinski definition) is 2. The lowest BCUT2D eigenvalue weighted by Gasteiger charge is -2.10. The van der Waals surface area contributed by atoms with Gasteiger partial charge in [0.25, 0.3) is 0 Å². The van der Waals surface area contributed by atoms with Crippen LogP contribution in [0.15, 0.2) is 41.2 Å². The molecule has 1 aliphatic rings. The lowest BCUT2D eigenvalue weighted by molar-refractivity contribution is 0.474. The lowest BCUT2D eigenvalue weighted by Crippen LogP contribution is -2.10. The van der Waals surface area contributed by atoms with Crippen molar-refractivity contribution in [1.82, 2.24) is 4.98 Å². The molecule has 1 N–H and O–H groups in total. The summed E-state index contributed by atoms with van der Waals surface area (Å²) in [5.74, 6) is 1.88. The summed E-state index contributed by atoms with van der Waals surface area (Å²) >= 11 is 0.